The fourth-order valence-electron chi connectivity index (χ4n) is 3.25. The standard InChI is InChI=1S/C18H31FN2/c1-16(2,12-18(5,6)20)14-8-10-15(11-9-14)17(3,4)13-21(7)19/h8-11H,12-13,20H2,1-7H3. The molecule has 1 aromatic carbocycles. The van der Waals surface area contributed by atoms with Crippen molar-refractivity contribution in [1.82, 2.24) is 5.12 Å². The highest BCUT2D eigenvalue weighted by molar-refractivity contribution is 5.32. The first-order valence-electron chi connectivity index (χ1n) is 7.60. The first kappa shape index (κ1) is 18.1. The lowest BCUT2D eigenvalue weighted by atomic mass is 9.74. The largest absolute Gasteiger partial charge is 0.326 e. The minimum absolute atomic E-state index is 0.0256. The molecule has 0 atom stereocenters. The number of nitrogens with zero attached hydrogens (tertiary/aromatic N) is 1. The predicted octanol–water partition coefficient (Wildman–Crippen LogP) is 4.19. The van der Waals surface area contributed by atoms with Gasteiger partial charge < -0.3 is 5.73 Å². The van der Waals surface area contributed by atoms with Crippen molar-refractivity contribution in [2.45, 2.75) is 64.3 Å². The Balaban J connectivity index is 2.97. The monoisotopic (exact) mass is 294 g/mol. The SMILES string of the molecule is CN(F)CC(C)(C)c1ccc(C(C)(C)CC(C)(C)N)cc1. The number of rotatable bonds is 6. The van der Waals surface area contributed by atoms with E-state index in [9.17, 15) is 4.48 Å². The number of likely N-dealkylation sites (N-methyl/N-ethyl adjacent to an activating group) is 1. The number of halogens is 1. The summed E-state index contributed by atoms with van der Waals surface area (Å²) in [5.74, 6) is 0. The molecule has 0 aliphatic heterocycles. The average Bonchev–Trinajstić information content (AvgIpc) is 2.24. The maximum atomic E-state index is 13.2. The number of nitrogens with two attached hydrogens (primary N) is 1. The molecule has 0 fully saturated rings. The first-order chi connectivity index (χ1) is 9.33. The van der Waals surface area contributed by atoms with E-state index in [1.807, 2.05) is 0 Å². The van der Waals surface area contributed by atoms with Gasteiger partial charge in [0.1, 0.15) is 0 Å². The smallest absolute Gasteiger partial charge is 0.0379 e. The van der Waals surface area contributed by atoms with Crippen molar-refractivity contribution >= 4 is 0 Å². The minimum atomic E-state index is -0.209. The second kappa shape index (κ2) is 6.05. The maximum absolute atomic E-state index is 13.2. The van der Waals surface area contributed by atoms with E-state index >= 15 is 0 Å². The summed E-state index contributed by atoms with van der Waals surface area (Å²) in [7, 11) is 1.46. The third-order valence-corrected chi connectivity index (χ3v) is 3.96. The van der Waals surface area contributed by atoms with Crippen molar-refractivity contribution in [3.63, 3.8) is 0 Å². The molecule has 0 saturated heterocycles. The van der Waals surface area contributed by atoms with Crippen LogP contribution in [-0.4, -0.2) is 24.3 Å². The van der Waals surface area contributed by atoms with Crippen LogP contribution in [0.2, 0.25) is 0 Å². The Hall–Kier alpha value is -0.930. The van der Waals surface area contributed by atoms with Crippen LogP contribution in [0.5, 0.6) is 0 Å². The quantitative estimate of drug-likeness (QED) is 0.797. The fourth-order valence-corrected chi connectivity index (χ4v) is 3.25. The second-order valence-corrected chi connectivity index (χ2v) is 8.27. The zero-order valence-electron chi connectivity index (χ0n) is 14.6. The molecule has 1 rings (SSSR count). The molecule has 120 valence electrons. The van der Waals surface area contributed by atoms with Gasteiger partial charge in [0, 0.05) is 24.5 Å². The summed E-state index contributed by atoms with van der Waals surface area (Å²) in [6.07, 6.45) is 0.913. The van der Waals surface area contributed by atoms with E-state index in [1.54, 1.807) is 0 Å². The molecular weight excluding hydrogens is 263 g/mol. The fraction of sp³-hybridized carbons (Fsp3) is 0.667. The second-order valence-electron chi connectivity index (χ2n) is 8.27. The van der Waals surface area contributed by atoms with Crippen LogP contribution < -0.4 is 5.73 Å². The van der Waals surface area contributed by atoms with Gasteiger partial charge in [0.25, 0.3) is 0 Å². The number of hydrogen-bond acceptors (Lipinski definition) is 2. The van der Waals surface area contributed by atoms with Gasteiger partial charge in [-0.2, -0.15) is 0 Å². The van der Waals surface area contributed by atoms with Gasteiger partial charge in [-0.3, -0.25) is 0 Å². The van der Waals surface area contributed by atoms with Crippen molar-refractivity contribution in [3.05, 3.63) is 35.4 Å². The molecular formula is C18H31FN2. The topological polar surface area (TPSA) is 29.3 Å². The summed E-state index contributed by atoms with van der Waals surface area (Å²) in [6, 6.07) is 8.54. The van der Waals surface area contributed by atoms with Crippen molar-refractivity contribution in [2.75, 3.05) is 13.6 Å². The van der Waals surface area contributed by atoms with E-state index in [2.05, 4.69) is 65.8 Å². The first-order valence-corrected chi connectivity index (χ1v) is 7.60. The maximum Gasteiger partial charge on any atom is 0.0379 e. The van der Waals surface area contributed by atoms with Crippen LogP contribution in [0.4, 0.5) is 4.48 Å². The Morgan fingerprint density at radius 2 is 1.29 bits per heavy atom. The minimum Gasteiger partial charge on any atom is -0.326 e. The van der Waals surface area contributed by atoms with Crippen LogP contribution in [0, 0.1) is 0 Å². The summed E-state index contributed by atoms with van der Waals surface area (Å²) in [5.41, 5.74) is 8.21. The predicted molar refractivity (Wildman–Crippen MR) is 89.1 cm³/mol. The Labute approximate surface area is 129 Å². The van der Waals surface area contributed by atoms with Gasteiger partial charge in [-0.05, 0) is 36.8 Å². The molecule has 0 radical (unpaired) electrons. The Kier molecular flexibility index (Phi) is 5.22. The van der Waals surface area contributed by atoms with Gasteiger partial charge in [-0.25, -0.2) is 0 Å². The van der Waals surface area contributed by atoms with E-state index in [1.165, 1.54) is 12.6 Å². The third-order valence-electron chi connectivity index (χ3n) is 3.96. The highest BCUT2D eigenvalue weighted by atomic mass is 19.2. The average molecular weight is 294 g/mol. The number of hydrogen-bond donors (Lipinski definition) is 1. The van der Waals surface area contributed by atoms with Gasteiger partial charge in [-0.15, -0.1) is 9.60 Å². The van der Waals surface area contributed by atoms with Crippen molar-refractivity contribution in [3.8, 4) is 0 Å². The van der Waals surface area contributed by atoms with E-state index in [4.69, 9.17) is 5.73 Å². The van der Waals surface area contributed by atoms with Crippen LogP contribution in [0.3, 0.4) is 0 Å². The lowest BCUT2D eigenvalue weighted by molar-refractivity contribution is 0.0382. The normalized spacial score (nSPS) is 13.8. The zero-order valence-corrected chi connectivity index (χ0v) is 14.6. The molecule has 0 aliphatic carbocycles. The highest BCUT2D eigenvalue weighted by Gasteiger charge is 2.28. The molecule has 2 N–H and O–H groups in total. The molecule has 0 amide bonds. The third kappa shape index (κ3) is 5.40. The molecule has 0 spiro atoms. The summed E-state index contributed by atoms with van der Waals surface area (Å²) in [6.45, 7) is 13.1. The van der Waals surface area contributed by atoms with E-state index in [0.717, 1.165) is 17.1 Å². The van der Waals surface area contributed by atoms with Gasteiger partial charge >= 0.3 is 0 Å². The van der Waals surface area contributed by atoms with Crippen molar-refractivity contribution in [1.29, 1.82) is 0 Å². The Morgan fingerprint density at radius 3 is 1.62 bits per heavy atom. The van der Waals surface area contributed by atoms with Gasteiger partial charge in [0.05, 0.1) is 0 Å². The highest BCUT2D eigenvalue weighted by Crippen LogP contribution is 2.33. The van der Waals surface area contributed by atoms with Crippen LogP contribution in [-0.2, 0) is 10.8 Å². The van der Waals surface area contributed by atoms with E-state index < -0.39 is 0 Å². The molecule has 21 heavy (non-hydrogen) atoms. The van der Waals surface area contributed by atoms with Crippen LogP contribution >= 0.6 is 0 Å². The molecule has 0 saturated carbocycles. The van der Waals surface area contributed by atoms with Crippen LogP contribution in [0.25, 0.3) is 0 Å². The molecule has 3 heteroatoms. The van der Waals surface area contributed by atoms with Crippen molar-refractivity contribution < 1.29 is 4.48 Å². The summed E-state index contributed by atoms with van der Waals surface area (Å²) < 4.78 is 13.2. The van der Waals surface area contributed by atoms with E-state index in [-0.39, 0.29) is 16.4 Å². The Bertz CT molecular complexity index is 453. The summed E-state index contributed by atoms with van der Waals surface area (Å²) in [4.78, 5) is 0. The van der Waals surface area contributed by atoms with E-state index in [0.29, 0.717) is 6.54 Å². The molecule has 2 nitrogen and oxygen atoms in total. The molecule has 0 aromatic heterocycles. The van der Waals surface area contributed by atoms with Crippen molar-refractivity contribution in [2.24, 2.45) is 5.73 Å². The van der Waals surface area contributed by atoms with Gasteiger partial charge in [0.2, 0.25) is 0 Å². The van der Waals surface area contributed by atoms with Crippen LogP contribution in [0.1, 0.15) is 59.1 Å². The molecule has 0 unspecified atom stereocenters. The molecule has 0 bridgehead atoms. The Morgan fingerprint density at radius 1 is 0.905 bits per heavy atom. The lowest BCUT2D eigenvalue weighted by Gasteiger charge is -2.33. The van der Waals surface area contributed by atoms with Crippen LogP contribution in [0.15, 0.2) is 24.3 Å². The number of benzene rings is 1. The molecule has 0 aliphatic rings. The van der Waals surface area contributed by atoms with Gasteiger partial charge in [0.15, 0.2) is 0 Å². The zero-order chi connectivity index (χ0) is 16.5. The summed E-state index contributed by atoms with van der Waals surface area (Å²) >= 11 is 0. The lowest BCUT2D eigenvalue weighted by Crippen LogP contribution is -2.39. The summed E-state index contributed by atoms with van der Waals surface area (Å²) in [5, 5.41) is 0.745. The molecule has 1 aromatic rings. The van der Waals surface area contributed by atoms with Gasteiger partial charge in [-0.1, -0.05) is 52.0 Å². The molecule has 0 heterocycles.